The Morgan fingerprint density at radius 3 is 2.45 bits per heavy atom. The van der Waals surface area contributed by atoms with Crippen LogP contribution in [0.25, 0.3) is 0 Å². The number of carbonyl (C=O) groups is 2. The van der Waals surface area contributed by atoms with Crippen LogP contribution in [-0.2, 0) is 24.3 Å². The van der Waals surface area contributed by atoms with Gasteiger partial charge in [-0.05, 0) is 37.8 Å². The van der Waals surface area contributed by atoms with Crippen molar-refractivity contribution in [1.82, 2.24) is 4.31 Å². The molecule has 1 aromatic carbocycles. The third kappa shape index (κ3) is 4.25. The fourth-order valence-electron chi connectivity index (χ4n) is 3.93. The molecular weight excluding hydrogens is 398 g/mol. The average Bonchev–Trinajstić information content (AvgIpc) is 2.98. The zero-order chi connectivity index (χ0) is 20.4. The molecule has 1 saturated heterocycles. The second kappa shape index (κ2) is 8.31. The minimum absolute atomic E-state index is 0.0206. The molecule has 0 spiro atoms. The standard InChI is InChI=1S/C20H25NO7S/c22-16-3-1-4-17(16)28-20(23)14-7-9-21(10-8-14)29(24,25)15-5-6-18-19(13-15)27-12-2-11-26-18/h5-6,13-14,17H,1-4,7-12H2/t17-/m1/s1. The lowest BCUT2D eigenvalue weighted by atomic mass is 9.98. The van der Waals surface area contributed by atoms with Crippen molar-refractivity contribution >= 4 is 21.8 Å². The van der Waals surface area contributed by atoms with Crippen LogP contribution in [-0.4, -0.2) is 56.9 Å². The van der Waals surface area contributed by atoms with Crippen LogP contribution in [0.5, 0.6) is 11.5 Å². The normalized spacial score (nSPS) is 23.6. The van der Waals surface area contributed by atoms with Crippen LogP contribution >= 0.6 is 0 Å². The molecule has 0 unspecified atom stereocenters. The monoisotopic (exact) mass is 423 g/mol. The number of benzene rings is 1. The number of rotatable bonds is 4. The molecule has 8 nitrogen and oxygen atoms in total. The van der Waals surface area contributed by atoms with Gasteiger partial charge in [0, 0.05) is 32.0 Å². The quantitative estimate of drug-likeness (QED) is 0.682. The van der Waals surface area contributed by atoms with E-state index in [1.165, 1.54) is 16.4 Å². The summed E-state index contributed by atoms with van der Waals surface area (Å²) in [5, 5.41) is 0. The van der Waals surface area contributed by atoms with Gasteiger partial charge in [0.1, 0.15) is 0 Å². The average molecular weight is 423 g/mol. The van der Waals surface area contributed by atoms with Gasteiger partial charge in [-0.3, -0.25) is 9.59 Å². The molecule has 3 aliphatic rings. The molecular formula is C20H25NO7S. The maximum atomic E-state index is 13.0. The highest BCUT2D eigenvalue weighted by Crippen LogP contribution is 2.34. The molecule has 1 aromatic rings. The summed E-state index contributed by atoms with van der Waals surface area (Å²) in [4.78, 5) is 24.2. The summed E-state index contributed by atoms with van der Waals surface area (Å²) in [5.41, 5.74) is 0. The van der Waals surface area contributed by atoms with Crippen LogP contribution in [0.15, 0.2) is 23.1 Å². The van der Waals surface area contributed by atoms with E-state index in [0.717, 1.165) is 12.8 Å². The van der Waals surface area contributed by atoms with E-state index < -0.39 is 22.1 Å². The first kappa shape index (κ1) is 20.2. The molecule has 29 heavy (non-hydrogen) atoms. The zero-order valence-corrected chi connectivity index (χ0v) is 17.0. The molecule has 1 aliphatic carbocycles. The second-order valence-electron chi connectivity index (χ2n) is 7.62. The number of hydrogen-bond acceptors (Lipinski definition) is 7. The molecule has 0 bridgehead atoms. The summed E-state index contributed by atoms with van der Waals surface area (Å²) < 4.78 is 43.9. The Hall–Kier alpha value is -2.13. The van der Waals surface area contributed by atoms with Gasteiger partial charge >= 0.3 is 5.97 Å². The zero-order valence-electron chi connectivity index (χ0n) is 16.2. The fourth-order valence-corrected chi connectivity index (χ4v) is 5.42. The van der Waals surface area contributed by atoms with Crippen molar-refractivity contribution in [2.24, 2.45) is 5.92 Å². The number of hydrogen-bond donors (Lipinski definition) is 0. The lowest BCUT2D eigenvalue weighted by Crippen LogP contribution is -2.41. The van der Waals surface area contributed by atoms with Crippen molar-refractivity contribution in [2.45, 2.75) is 49.5 Å². The van der Waals surface area contributed by atoms with Crippen LogP contribution in [0, 0.1) is 5.92 Å². The largest absolute Gasteiger partial charge is 0.490 e. The molecule has 2 heterocycles. The predicted octanol–water partition coefficient (Wildman–Crippen LogP) is 1.91. The van der Waals surface area contributed by atoms with E-state index in [1.54, 1.807) is 6.07 Å². The highest BCUT2D eigenvalue weighted by atomic mass is 32.2. The molecule has 0 radical (unpaired) electrons. The number of ether oxygens (including phenoxy) is 3. The van der Waals surface area contributed by atoms with Gasteiger partial charge in [-0.2, -0.15) is 4.31 Å². The van der Waals surface area contributed by atoms with E-state index in [-0.39, 0.29) is 29.7 Å². The summed E-state index contributed by atoms with van der Waals surface area (Å²) in [6.45, 7) is 1.48. The van der Waals surface area contributed by atoms with Gasteiger partial charge in [0.2, 0.25) is 10.0 Å². The van der Waals surface area contributed by atoms with Crippen LogP contribution in [0.1, 0.15) is 38.5 Å². The maximum Gasteiger partial charge on any atom is 0.309 e. The third-order valence-electron chi connectivity index (χ3n) is 5.65. The van der Waals surface area contributed by atoms with E-state index in [9.17, 15) is 18.0 Å². The van der Waals surface area contributed by atoms with E-state index in [1.807, 2.05) is 0 Å². The van der Waals surface area contributed by atoms with Gasteiger partial charge in [0.25, 0.3) is 0 Å². The smallest absolute Gasteiger partial charge is 0.309 e. The highest BCUT2D eigenvalue weighted by Gasteiger charge is 2.36. The van der Waals surface area contributed by atoms with Crippen molar-refractivity contribution in [3.05, 3.63) is 18.2 Å². The number of ketones is 1. The third-order valence-corrected chi connectivity index (χ3v) is 7.55. The number of piperidine rings is 1. The molecule has 158 valence electrons. The molecule has 4 rings (SSSR count). The predicted molar refractivity (Wildman–Crippen MR) is 102 cm³/mol. The van der Waals surface area contributed by atoms with Crippen molar-refractivity contribution in [3.8, 4) is 11.5 Å². The Morgan fingerprint density at radius 1 is 1.03 bits per heavy atom. The van der Waals surface area contributed by atoms with Crippen LogP contribution in [0.2, 0.25) is 0 Å². The SMILES string of the molecule is O=C(O[C@@H]1CCCC1=O)C1CCN(S(=O)(=O)c2ccc3c(c2)OCCCO3)CC1. The van der Waals surface area contributed by atoms with Gasteiger partial charge in [-0.25, -0.2) is 8.42 Å². The Labute approximate surface area is 170 Å². The van der Waals surface area contributed by atoms with Gasteiger partial charge in [-0.15, -0.1) is 0 Å². The molecule has 2 fully saturated rings. The van der Waals surface area contributed by atoms with Gasteiger partial charge < -0.3 is 14.2 Å². The van der Waals surface area contributed by atoms with E-state index >= 15 is 0 Å². The Bertz CT molecular complexity index is 890. The van der Waals surface area contributed by atoms with Crippen LogP contribution in [0.4, 0.5) is 0 Å². The van der Waals surface area contributed by atoms with Gasteiger partial charge in [0.05, 0.1) is 24.0 Å². The Kier molecular flexibility index (Phi) is 5.78. The van der Waals surface area contributed by atoms with Crippen LogP contribution in [0.3, 0.4) is 0 Å². The lowest BCUT2D eigenvalue weighted by Gasteiger charge is -2.30. The first-order chi connectivity index (χ1) is 13.9. The molecule has 9 heteroatoms. The fraction of sp³-hybridized carbons (Fsp3) is 0.600. The van der Waals surface area contributed by atoms with E-state index in [0.29, 0.717) is 50.4 Å². The number of nitrogens with zero attached hydrogens (tertiary/aromatic N) is 1. The first-order valence-corrected chi connectivity index (χ1v) is 11.5. The minimum Gasteiger partial charge on any atom is -0.490 e. The van der Waals surface area contributed by atoms with Gasteiger partial charge in [0.15, 0.2) is 23.4 Å². The number of carbonyl (C=O) groups excluding carboxylic acids is 2. The van der Waals surface area contributed by atoms with Gasteiger partial charge in [-0.1, -0.05) is 0 Å². The van der Waals surface area contributed by atoms with Crippen molar-refractivity contribution < 1.29 is 32.2 Å². The maximum absolute atomic E-state index is 13.0. The lowest BCUT2D eigenvalue weighted by molar-refractivity contribution is -0.158. The molecule has 0 amide bonds. The molecule has 0 N–H and O–H groups in total. The summed E-state index contributed by atoms with van der Waals surface area (Å²) >= 11 is 0. The van der Waals surface area contributed by atoms with Crippen molar-refractivity contribution in [3.63, 3.8) is 0 Å². The molecule has 2 aliphatic heterocycles. The number of fused-ring (bicyclic) bond motifs is 1. The van der Waals surface area contributed by atoms with Crippen molar-refractivity contribution in [1.29, 1.82) is 0 Å². The summed E-state index contributed by atoms with van der Waals surface area (Å²) in [6.07, 6.45) is 2.68. The van der Waals surface area contributed by atoms with Crippen molar-refractivity contribution in [2.75, 3.05) is 26.3 Å². The van der Waals surface area contributed by atoms with Crippen LogP contribution < -0.4 is 9.47 Å². The second-order valence-corrected chi connectivity index (χ2v) is 9.56. The Morgan fingerprint density at radius 2 is 1.76 bits per heavy atom. The summed E-state index contributed by atoms with van der Waals surface area (Å²) in [6, 6.07) is 4.65. The summed E-state index contributed by atoms with van der Waals surface area (Å²) in [7, 11) is -3.70. The van der Waals surface area contributed by atoms with E-state index in [2.05, 4.69) is 0 Å². The Balaban J connectivity index is 1.39. The number of esters is 1. The molecule has 0 aromatic heterocycles. The number of Topliss-reactive ketones (excluding diaryl/α,β-unsaturated/α-hetero) is 1. The summed E-state index contributed by atoms with van der Waals surface area (Å²) in [5.74, 6) is 0.192. The first-order valence-electron chi connectivity index (χ1n) is 10.1. The minimum atomic E-state index is -3.70. The number of sulfonamides is 1. The molecule has 1 atom stereocenters. The highest BCUT2D eigenvalue weighted by molar-refractivity contribution is 7.89. The van der Waals surface area contributed by atoms with E-state index in [4.69, 9.17) is 14.2 Å². The topological polar surface area (TPSA) is 99.2 Å². The molecule has 1 saturated carbocycles.